The van der Waals surface area contributed by atoms with Gasteiger partial charge in [-0.05, 0) is 30.5 Å². The Morgan fingerprint density at radius 1 is 0.607 bits per heavy atom. The predicted molar refractivity (Wildman–Crippen MR) is 119 cm³/mol. The zero-order valence-corrected chi connectivity index (χ0v) is 18.2. The van der Waals surface area contributed by atoms with Crippen molar-refractivity contribution in [3.63, 3.8) is 0 Å². The van der Waals surface area contributed by atoms with E-state index in [2.05, 4.69) is 6.92 Å². The van der Waals surface area contributed by atoms with Gasteiger partial charge >= 0.3 is 0 Å². The number of rotatable bonds is 18. The molecule has 0 amide bonds. The summed E-state index contributed by atoms with van der Waals surface area (Å²) in [5, 5.41) is 29.1. The van der Waals surface area contributed by atoms with Crippen LogP contribution in [0.5, 0.6) is 11.5 Å². The third kappa shape index (κ3) is 13.9. The Bertz CT molecular complexity index is 466. The first-order chi connectivity index (χ1) is 13.6. The molecule has 0 saturated heterocycles. The van der Waals surface area contributed by atoms with E-state index in [1.165, 1.54) is 96.0 Å². The summed E-state index contributed by atoms with van der Waals surface area (Å²) in [5.41, 5.74) is 0.783. The lowest BCUT2D eigenvalue weighted by molar-refractivity contribution is 0.160. The van der Waals surface area contributed by atoms with E-state index in [0.717, 1.165) is 18.4 Å². The standard InChI is InChI=1S/C25H44O3/c1-2-3-4-5-6-7-8-9-10-11-12-13-14-15-16-17-23(26)18-22-19-24(27)21-25(28)20-22/h19-21,23,26-28H,2-18H2,1H3. The quantitative estimate of drug-likeness (QED) is 0.230. The topological polar surface area (TPSA) is 60.7 Å². The number of phenols is 2. The summed E-state index contributed by atoms with van der Waals surface area (Å²) in [6.07, 6.45) is 21.1. The van der Waals surface area contributed by atoms with Crippen LogP contribution in [-0.2, 0) is 6.42 Å². The van der Waals surface area contributed by atoms with Gasteiger partial charge in [0.15, 0.2) is 0 Å². The van der Waals surface area contributed by atoms with Gasteiger partial charge in [0.1, 0.15) is 11.5 Å². The second kappa shape index (κ2) is 16.7. The third-order valence-corrected chi connectivity index (χ3v) is 5.57. The molecule has 0 heterocycles. The van der Waals surface area contributed by atoms with Gasteiger partial charge in [-0.1, -0.05) is 103 Å². The molecular weight excluding hydrogens is 348 g/mol. The highest BCUT2D eigenvalue weighted by Gasteiger charge is 2.07. The van der Waals surface area contributed by atoms with Crippen molar-refractivity contribution in [2.75, 3.05) is 0 Å². The molecule has 1 aromatic carbocycles. The van der Waals surface area contributed by atoms with Gasteiger partial charge in [-0.15, -0.1) is 0 Å². The van der Waals surface area contributed by atoms with Crippen LogP contribution in [-0.4, -0.2) is 21.4 Å². The number of aromatic hydroxyl groups is 2. The van der Waals surface area contributed by atoms with Crippen molar-refractivity contribution < 1.29 is 15.3 Å². The minimum absolute atomic E-state index is 0.0502. The molecule has 0 aromatic heterocycles. The molecule has 0 aliphatic rings. The van der Waals surface area contributed by atoms with Gasteiger partial charge in [-0.25, -0.2) is 0 Å². The highest BCUT2D eigenvalue weighted by molar-refractivity contribution is 5.36. The molecule has 1 unspecified atom stereocenters. The summed E-state index contributed by atoms with van der Waals surface area (Å²) in [4.78, 5) is 0. The van der Waals surface area contributed by atoms with Crippen molar-refractivity contribution in [1.82, 2.24) is 0 Å². The van der Waals surface area contributed by atoms with Gasteiger partial charge in [0.25, 0.3) is 0 Å². The fraction of sp³-hybridized carbons (Fsp3) is 0.760. The maximum Gasteiger partial charge on any atom is 0.119 e. The molecule has 28 heavy (non-hydrogen) atoms. The normalized spacial score (nSPS) is 12.4. The molecule has 162 valence electrons. The fourth-order valence-electron chi connectivity index (χ4n) is 3.90. The largest absolute Gasteiger partial charge is 0.508 e. The minimum Gasteiger partial charge on any atom is -0.508 e. The number of phenolic OH excluding ortho intramolecular Hbond substituents is 2. The van der Waals surface area contributed by atoms with E-state index < -0.39 is 6.10 Å². The van der Waals surface area contributed by atoms with Crippen LogP contribution in [0, 0.1) is 0 Å². The Morgan fingerprint density at radius 2 is 1.00 bits per heavy atom. The molecule has 1 aromatic rings. The highest BCUT2D eigenvalue weighted by atomic mass is 16.3. The predicted octanol–water partition coefficient (Wildman–Crippen LogP) is 7.26. The van der Waals surface area contributed by atoms with E-state index in [0.29, 0.717) is 6.42 Å². The van der Waals surface area contributed by atoms with Gasteiger partial charge in [-0.3, -0.25) is 0 Å². The number of aliphatic hydroxyl groups excluding tert-OH is 1. The van der Waals surface area contributed by atoms with Gasteiger partial charge in [0, 0.05) is 6.07 Å². The summed E-state index contributed by atoms with van der Waals surface area (Å²) >= 11 is 0. The summed E-state index contributed by atoms with van der Waals surface area (Å²) in [6.45, 7) is 2.27. The molecule has 0 fully saturated rings. The van der Waals surface area contributed by atoms with E-state index in [1.54, 1.807) is 12.1 Å². The van der Waals surface area contributed by atoms with Gasteiger partial charge in [0.2, 0.25) is 0 Å². The van der Waals surface area contributed by atoms with E-state index in [9.17, 15) is 15.3 Å². The molecule has 1 rings (SSSR count). The Kier molecular flexibility index (Phi) is 14.8. The van der Waals surface area contributed by atoms with E-state index in [-0.39, 0.29) is 11.5 Å². The maximum atomic E-state index is 10.1. The van der Waals surface area contributed by atoms with E-state index >= 15 is 0 Å². The van der Waals surface area contributed by atoms with Crippen molar-refractivity contribution in [2.24, 2.45) is 0 Å². The molecule has 1 atom stereocenters. The summed E-state index contributed by atoms with van der Waals surface area (Å²) in [6, 6.07) is 4.52. The van der Waals surface area contributed by atoms with Crippen molar-refractivity contribution in [1.29, 1.82) is 0 Å². The van der Waals surface area contributed by atoms with Crippen LogP contribution in [0.4, 0.5) is 0 Å². The molecule has 0 radical (unpaired) electrons. The van der Waals surface area contributed by atoms with Crippen LogP contribution in [0.2, 0.25) is 0 Å². The van der Waals surface area contributed by atoms with Crippen LogP contribution >= 0.6 is 0 Å². The van der Waals surface area contributed by atoms with Gasteiger partial charge in [0.05, 0.1) is 6.10 Å². The van der Waals surface area contributed by atoms with E-state index in [4.69, 9.17) is 0 Å². The molecule has 0 saturated carbocycles. The number of hydrogen-bond donors (Lipinski definition) is 3. The van der Waals surface area contributed by atoms with E-state index in [1.807, 2.05) is 0 Å². The number of aliphatic hydroxyl groups is 1. The molecule has 3 nitrogen and oxygen atoms in total. The first-order valence-electron chi connectivity index (χ1n) is 11.8. The van der Waals surface area contributed by atoms with Gasteiger partial charge < -0.3 is 15.3 Å². The fourth-order valence-corrected chi connectivity index (χ4v) is 3.90. The lowest BCUT2D eigenvalue weighted by atomic mass is 10.0. The zero-order valence-electron chi connectivity index (χ0n) is 18.2. The Balaban J connectivity index is 1.86. The number of unbranched alkanes of at least 4 members (excludes halogenated alkanes) is 14. The first kappa shape index (κ1) is 24.8. The molecule has 0 aliphatic heterocycles. The molecule has 0 bridgehead atoms. The average molecular weight is 393 g/mol. The van der Waals surface area contributed by atoms with Crippen molar-refractivity contribution in [2.45, 2.75) is 122 Å². The SMILES string of the molecule is CCCCCCCCCCCCCCCCCC(O)Cc1cc(O)cc(O)c1. The molecule has 3 heteroatoms. The second-order valence-corrected chi connectivity index (χ2v) is 8.45. The lowest BCUT2D eigenvalue weighted by Crippen LogP contribution is -2.10. The second-order valence-electron chi connectivity index (χ2n) is 8.45. The monoisotopic (exact) mass is 392 g/mol. The average Bonchev–Trinajstić information content (AvgIpc) is 2.64. The minimum atomic E-state index is -0.400. The van der Waals surface area contributed by atoms with Crippen molar-refractivity contribution in [3.8, 4) is 11.5 Å². The van der Waals surface area contributed by atoms with Crippen molar-refractivity contribution in [3.05, 3.63) is 23.8 Å². The number of hydrogen-bond acceptors (Lipinski definition) is 3. The van der Waals surface area contributed by atoms with Crippen LogP contribution in [0.1, 0.15) is 115 Å². The molecule has 3 N–H and O–H groups in total. The Morgan fingerprint density at radius 3 is 1.43 bits per heavy atom. The smallest absolute Gasteiger partial charge is 0.119 e. The molecular formula is C25H44O3. The van der Waals surface area contributed by atoms with Gasteiger partial charge in [-0.2, -0.15) is 0 Å². The van der Waals surface area contributed by atoms with Crippen LogP contribution in [0.15, 0.2) is 18.2 Å². The maximum absolute atomic E-state index is 10.1. The number of benzene rings is 1. The third-order valence-electron chi connectivity index (χ3n) is 5.57. The zero-order chi connectivity index (χ0) is 20.5. The Labute approximate surface area is 173 Å². The van der Waals surface area contributed by atoms with Crippen molar-refractivity contribution >= 4 is 0 Å². The highest BCUT2D eigenvalue weighted by Crippen LogP contribution is 2.22. The lowest BCUT2D eigenvalue weighted by Gasteiger charge is -2.11. The summed E-state index contributed by atoms with van der Waals surface area (Å²) in [5.74, 6) is 0.100. The van der Waals surface area contributed by atoms with Crippen LogP contribution in [0.3, 0.4) is 0 Å². The van der Waals surface area contributed by atoms with Crippen LogP contribution in [0.25, 0.3) is 0 Å². The first-order valence-corrected chi connectivity index (χ1v) is 11.8. The Hall–Kier alpha value is -1.22. The molecule has 0 spiro atoms. The van der Waals surface area contributed by atoms with Crippen LogP contribution < -0.4 is 0 Å². The summed E-state index contributed by atoms with van der Waals surface area (Å²) < 4.78 is 0. The summed E-state index contributed by atoms with van der Waals surface area (Å²) in [7, 11) is 0. The molecule has 0 aliphatic carbocycles.